The summed E-state index contributed by atoms with van der Waals surface area (Å²) in [4.78, 5) is 0. The molecule has 0 heterocycles. The molecule has 2 heteroatoms. The summed E-state index contributed by atoms with van der Waals surface area (Å²) in [5.74, 6) is 3.25. The van der Waals surface area contributed by atoms with Gasteiger partial charge in [-0.2, -0.15) is 0 Å². The lowest BCUT2D eigenvalue weighted by Gasteiger charge is -2.17. The number of ether oxygens (including phenoxy) is 2. The third-order valence-corrected chi connectivity index (χ3v) is 4.88. The Balaban J connectivity index is 2.36. The topological polar surface area (TPSA) is 18.5 Å². The maximum atomic E-state index is 5.96. The van der Waals surface area contributed by atoms with Crippen LogP contribution in [0.1, 0.15) is 79.1 Å². The zero-order chi connectivity index (χ0) is 17.6. The van der Waals surface area contributed by atoms with Crippen LogP contribution in [0.15, 0.2) is 24.3 Å². The van der Waals surface area contributed by atoms with Crippen molar-refractivity contribution in [3.05, 3.63) is 24.3 Å². The molecule has 0 aliphatic rings. The molecule has 0 aliphatic heterocycles. The summed E-state index contributed by atoms with van der Waals surface area (Å²) < 4.78 is 11.9. The number of benzene rings is 1. The van der Waals surface area contributed by atoms with E-state index in [0.717, 1.165) is 24.7 Å². The molecule has 0 radical (unpaired) electrons. The third kappa shape index (κ3) is 8.61. The van der Waals surface area contributed by atoms with Crippen LogP contribution >= 0.6 is 0 Å². The average Bonchev–Trinajstić information content (AvgIpc) is 2.63. The lowest BCUT2D eigenvalue weighted by Crippen LogP contribution is -2.12. The fourth-order valence-electron chi connectivity index (χ4n) is 2.86. The highest BCUT2D eigenvalue weighted by Gasteiger charge is 2.08. The van der Waals surface area contributed by atoms with Crippen molar-refractivity contribution in [2.45, 2.75) is 79.1 Å². The van der Waals surface area contributed by atoms with Gasteiger partial charge in [0.1, 0.15) is 11.5 Å². The zero-order valence-corrected chi connectivity index (χ0v) is 16.4. The first-order valence-corrected chi connectivity index (χ1v) is 10.1. The van der Waals surface area contributed by atoms with Gasteiger partial charge >= 0.3 is 0 Å². The molecule has 0 amide bonds. The molecule has 1 aromatic carbocycles. The van der Waals surface area contributed by atoms with Crippen molar-refractivity contribution >= 4 is 0 Å². The van der Waals surface area contributed by atoms with Crippen LogP contribution in [0.4, 0.5) is 0 Å². The summed E-state index contributed by atoms with van der Waals surface area (Å²) in [5, 5.41) is 0. The van der Waals surface area contributed by atoms with E-state index in [0.29, 0.717) is 11.8 Å². The Kier molecular flexibility index (Phi) is 11.4. The van der Waals surface area contributed by atoms with Crippen LogP contribution in [-0.4, -0.2) is 13.2 Å². The molecular formula is C22H38O2. The molecule has 0 aliphatic carbocycles. The number of hydrogen-bond acceptors (Lipinski definition) is 2. The average molecular weight is 335 g/mol. The Bertz CT molecular complexity index is 360. The van der Waals surface area contributed by atoms with Crippen molar-refractivity contribution in [2.75, 3.05) is 13.2 Å². The largest absolute Gasteiger partial charge is 0.493 e. The van der Waals surface area contributed by atoms with Gasteiger partial charge in [0.2, 0.25) is 0 Å². The van der Waals surface area contributed by atoms with E-state index in [1.165, 1.54) is 51.4 Å². The predicted molar refractivity (Wildman–Crippen MR) is 104 cm³/mol. The molecule has 24 heavy (non-hydrogen) atoms. The van der Waals surface area contributed by atoms with Gasteiger partial charge in [-0.3, -0.25) is 0 Å². The molecule has 0 fully saturated rings. The van der Waals surface area contributed by atoms with E-state index in [2.05, 4.69) is 27.7 Å². The smallest absolute Gasteiger partial charge is 0.119 e. The summed E-state index contributed by atoms with van der Waals surface area (Å²) in [7, 11) is 0. The first-order chi connectivity index (χ1) is 11.7. The first-order valence-electron chi connectivity index (χ1n) is 10.1. The van der Waals surface area contributed by atoms with Gasteiger partial charge in [0.25, 0.3) is 0 Å². The number of unbranched alkanes of at least 4 members (excludes halogenated alkanes) is 2. The molecule has 0 saturated heterocycles. The van der Waals surface area contributed by atoms with Crippen molar-refractivity contribution < 1.29 is 9.47 Å². The second-order valence-corrected chi connectivity index (χ2v) is 6.93. The SMILES string of the molecule is CCCC[C@@H](CC)COc1ccc(OC[C@H](CC)CCCC)cc1. The van der Waals surface area contributed by atoms with Crippen molar-refractivity contribution in [2.24, 2.45) is 11.8 Å². The van der Waals surface area contributed by atoms with Crippen LogP contribution in [0.25, 0.3) is 0 Å². The molecule has 0 saturated carbocycles. The summed E-state index contributed by atoms with van der Waals surface area (Å²) in [6.45, 7) is 10.7. The van der Waals surface area contributed by atoms with E-state index in [1.807, 2.05) is 24.3 Å². The van der Waals surface area contributed by atoms with Gasteiger partial charge in [0, 0.05) is 0 Å². The second kappa shape index (κ2) is 13.1. The first kappa shape index (κ1) is 20.9. The van der Waals surface area contributed by atoms with E-state index >= 15 is 0 Å². The molecular weight excluding hydrogens is 296 g/mol. The van der Waals surface area contributed by atoms with Gasteiger partial charge in [-0.15, -0.1) is 0 Å². The lowest BCUT2D eigenvalue weighted by atomic mass is 10.0. The van der Waals surface area contributed by atoms with Gasteiger partial charge < -0.3 is 9.47 Å². The molecule has 138 valence electrons. The lowest BCUT2D eigenvalue weighted by molar-refractivity contribution is 0.228. The summed E-state index contributed by atoms with van der Waals surface area (Å²) in [6, 6.07) is 8.15. The minimum atomic E-state index is 0.671. The van der Waals surface area contributed by atoms with Crippen LogP contribution in [0.3, 0.4) is 0 Å². The Morgan fingerprint density at radius 2 is 1.04 bits per heavy atom. The fourth-order valence-corrected chi connectivity index (χ4v) is 2.86. The summed E-state index contributed by atoms with van der Waals surface area (Å²) in [5.41, 5.74) is 0. The molecule has 2 nitrogen and oxygen atoms in total. The highest BCUT2D eigenvalue weighted by Crippen LogP contribution is 2.21. The van der Waals surface area contributed by atoms with Crippen LogP contribution in [0, 0.1) is 11.8 Å². The maximum absolute atomic E-state index is 5.96. The number of rotatable bonds is 14. The van der Waals surface area contributed by atoms with E-state index in [-0.39, 0.29) is 0 Å². The maximum Gasteiger partial charge on any atom is 0.119 e. The van der Waals surface area contributed by atoms with Crippen molar-refractivity contribution in [3.8, 4) is 11.5 Å². The molecule has 0 N–H and O–H groups in total. The monoisotopic (exact) mass is 334 g/mol. The zero-order valence-electron chi connectivity index (χ0n) is 16.4. The molecule has 0 aromatic heterocycles. The highest BCUT2D eigenvalue weighted by atomic mass is 16.5. The standard InChI is InChI=1S/C22H38O2/c1-5-9-11-19(7-3)17-23-21-13-15-22(16-14-21)24-18-20(8-4)12-10-6-2/h13-16,19-20H,5-12,17-18H2,1-4H3/t19-,20-/m1/s1. The molecule has 0 unspecified atom stereocenters. The molecule has 2 atom stereocenters. The van der Waals surface area contributed by atoms with Gasteiger partial charge in [0.15, 0.2) is 0 Å². The third-order valence-electron chi connectivity index (χ3n) is 4.88. The minimum absolute atomic E-state index is 0.671. The Morgan fingerprint density at radius 1 is 0.667 bits per heavy atom. The van der Waals surface area contributed by atoms with Crippen LogP contribution < -0.4 is 9.47 Å². The van der Waals surface area contributed by atoms with Gasteiger partial charge in [-0.05, 0) is 48.9 Å². The van der Waals surface area contributed by atoms with E-state index < -0.39 is 0 Å². The van der Waals surface area contributed by atoms with Crippen LogP contribution in [0.5, 0.6) is 11.5 Å². The normalized spacial score (nSPS) is 13.5. The van der Waals surface area contributed by atoms with E-state index in [9.17, 15) is 0 Å². The quantitative estimate of drug-likeness (QED) is 0.369. The summed E-state index contributed by atoms with van der Waals surface area (Å²) in [6.07, 6.45) is 10.0. The molecule has 0 bridgehead atoms. The van der Waals surface area contributed by atoms with Crippen molar-refractivity contribution in [1.82, 2.24) is 0 Å². The molecule has 0 spiro atoms. The predicted octanol–water partition coefficient (Wildman–Crippen LogP) is 6.88. The van der Waals surface area contributed by atoms with E-state index in [1.54, 1.807) is 0 Å². The fraction of sp³-hybridized carbons (Fsp3) is 0.727. The Morgan fingerprint density at radius 3 is 1.33 bits per heavy atom. The van der Waals surface area contributed by atoms with Gasteiger partial charge in [-0.1, -0.05) is 66.2 Å². The Hall–Kier alpha value is -1.18. The van der Waals surface area contributed by atoms with Crippen LogP contribution in [0.2, 0.25) is 0 Å². The minimum Gasteiger partial charge on any atom is -0.493 e. The molecule has 1 rings (SSSR count). The van der Waals surface area contributed by atoms with Crippen molar-refractivity contribution in [1.29, 1.82) is 0 Å². The second-order valence-electron chi connectivity index (χ2n) is 6.93. The van der Waals surface area contributed by atoms with Gasteiger partial charge in [-0.25, -0.2) is 0 Å². The summed E-state index contributed by atoms with van der Waals surface area (Å²) >= 11 is 0. The molecule has 1 aromatic rings. The number of hydrogen-bond donors (Lipinski definition) is 0. The van der Waals surface area contributed by atoms with Crippen molar-refractivity contribution in [3.63, 3.8) is 0 Å². The van der Waals surface area contributed by atoms with E-state index in [4.69, 9.17) is 9.47 Å². The van der Waals surface area contributed by atoms with Gasteiger partial charge in [0.05, 0.1) is 13.2 Å². The Labute approximate surface area is 149 Å². The van der Waals surface area contributed by atoms with Crippen LogP contribution in [-0.2, 0) is 0 Å². The highest BCUT2D eigenvalue weighted by molar-refractivity contribution is 5.31.